The van der Waals surface area contributed by atoms with Gasteiger partial charge in [0.15, 0.2) is 5.16 Å². The molecule has 0 aliphatic carbocycles. The highest BCUT2D eigenvalue weighted by atomic mass is 32.2. The number of para-hydroxylation sites is 3. The van der Waals surface area contributed by atoms with Crippen molar-refractivity contribution < 1.29 is 4.79 Å². The molecule has 4 rings (SSSR count). The van der Waals surface area contributed by atoms with Gasteiger partial charge in [-0.2, -0.15) is 0 Å². The summed E-state index contributed by atoms with van der Waals surface area (Å²) in [7, 11) is 1.98. The Labute approximate surface area is 168 Å². The number of benzene rings is 3. The number of nitrogens with one attached hydrogen (secondary N) is 1. The Morgan fingerprint density at radius 2 is 1.64 bits per heavy atom. The van der Waals surface area contributed by atoms with Gasteiger partial charge in [0.25, 0.3) is 0 Å². The Hall–Kier alpha value is -3.05. The number of fused-ring (bicyclic) bond motifs is 1. The minimum atomic E-state index is -0.278. The largest absolute Gasteiger partial charge is 0.325 e. The van der Waals surface area contributed by atoms with Crippen LogP contribution in [0.25, 0.3) is 22.2 Å². The molecule has 4 aromatic rings. The summed E-state index contributed by atoms with van der Waals surface area (Å²) >= 11 is 1.46. The number of carbonyl (C=O) groups excluding carboxylic acids is 1. The fourth-order valence-corrected chi connectivity index (χ4v) is 4.03. The van der Waals surface area contributed by atoms with Gasteiger partial charge in [-0.3, -0.25) is 4.79 Å². The van der Waals surface area contributed by atoms with Gasteiger partial charge in [0, 0.05) is 18.3 Å². The maximum atomic E-state index is 12.9. The molecule has 1 aromatic heterocycles. The second-order valence-corrected chi connectivity index (χ2v) is 7.91. The number of rotatable bonds is 5. The second kappa shape index (κ2) is 7.90. The molecule has 4 nitrogen and oxygen atoms in total. The van der Waals surface area contributed by atoms with Gasteiger partial charge in [-0.15, -0.1) is 0 Å². The van der Waals surface area contributed by atoms with Gasteiger partial charge in [-0.1, -0.05) is 72.4 Å². The lowest BCUT2D eigenvalue weighted by atomic mass is 10.0. The first kappa shape index (κ1) is 18.3. The van der Waals surface area contributed by atoms with E-state index >= 15 is 0 Å². The van der Waals surface area contributed by atoms with Crippen LogP contribution < -0.4 is 5.32 Å². The van der Waals surface area contributed by atoms with Crippen LogP contribution in [0.2, 0.25) is 0 Å². The number of aryl methyl sites for hydroxylation is 1. The molecule has 1 atom stereocenters. The van der Waals surface area contributed by atoms with E-state index in [1.807, 2.05) is 97.4 Å². The van der Waals surface area contributed by atoms with Crippen LogP contribution >= 0.6 is 11.8 Å². The van der Waals surface area contributed by atoms with Gasteiger partial charge in [-0.25, -0.2) is 4.98 Å². The number of imidazole rings is 1. The molecule has 140 valence electrons. The third-order valence-corrected chi connectivity index (χ3v) is 5.81. The molecule has 0 unspecified atom stereocenters. The summed E-state index contributed by atoms with van der Waals surface area (Å²) in [5.74, 6) is -0.0413. The summed E-state index contributed by atoms with van der Waals surface area (Å²) in [6.45, 7) is 1.91. The maximum Gasteiger partial charge on any atom is 0.237 e. The molecule has 1 N–H and O–H groups in total. The van der Waals surface area contributed by atoms with Crippen molar-refractivity contribution in [1.82, 2.24) is 9.55 Å². The lowest BCUT2D eigenvalue weighted by molar-refractivity contribution is -0.115. The van der Waals surface area contributed by atoms with Crippen molar-refractivity contribution in [3.63, 3.8) is 0 Å². The lowest BCUT2D eigenvalue weighted by Crippen LogP contribution is -2.23. The molecule has 3 aromatic carbocycles. The monoisotopic (exact) mass is 387 g/mol. The quantitative estimate of drug-likeness (QED) is 0.469. The molecule has 0 spiro atoms. The summed E-state index contributed by atoms with van der Waals surface area (Å²) in [5.41, 5.74) is 4.91. The first-order valence-corrected chi connectivity index (χ1v) is 10.0. The van der Waals surface area contributed by atoms with E-state index in [0.29, 0.717) is 0 Å². The van der Waals surface area contributed by atoms with Crippen LogP contribution in [0.4, 0.5) is 5.69 Å². The van der Waals surface area contributed by atoms with Crippen LogP contribution in [-0.4, -0.2) is 20.7 Å². The van der Waals surface area contributed by atoms with Crippen molar-refractivity contribution in [2.45, 2.75) is 17.3 Å². The highest BCUT2D eigenvalue weighted by molar-refractivity contribution is 8.00. The summed E-state index contributed by atoms with van der Waals surface area (Å²) < 4.78 is 2.03. The third kappa shape index (κ3) is 3.66. The minimum Gasteiger partial charge on any atom is -0.325 e. The van der Waals surface area contributed by atoms with Crippen molar-refractivity contribution in [3.8, 4) is 11.1 Å². The summed E-state index contributed by atoms with van der Waals surface area (Å²) in [6, 6.07) is 25.9. The highest BCUT2D eigenvalue weighted by Crippen LogP contribution is 2.30. The summed E-state index contributed by atoms with van der Waals surface area (Å²) in [4.78, 5) is 17.5. The lowest BCUT2D eigenvalue weighted by Gasteiger charge is -2.15. The molecule has 0 aliphatic heterocycles. The SMILES string of the molecule is C[C@H](Sc1nc2ccccc2n1C)C(=O)Nc1ccccc1-c1ccccc1. The van der Waals surface area contributed by atoms with E-state index in [1.54, 1.807) is 0 Å². The molecule has 0 saturated heterocycles. The van der Waals surface area contributed by atoms with Gasteiger partial charge in [-0.05, 0) is 30.7 Å². The van der Waals surface area contributed by atoms with Crippen LogP contribution in [0, 0.1) is 0 Å². The number of amides is 1. The Kier molecular flexibility index (Phi) is 5.17. The van der Waals surface area contributed by atoms with Crippen molar-refractivity contribution in [2.75, 3.05) is 5.32 Å². The molecule has 0 saturated carbocycles. The molecule has 0 fully saturated rings. The fourth-order valence-electron chi connectivity index (χ4n) is 3.14. The fraction of sp³-hybridized carbons (Fsp3) is 0.130. The normalized spacial score (nSPS) is 12.1. The number of anilines is 1. The van der Waals surface area contributed by atoms with E-state index in [1.165, 1.54) is 11.8 Å². The molecule has 0 aliphatic rings. The standard InChI is InChI=1S/C23H21N3OS/c1-16(28-23-25-20-14-8-9-15-21(20)26(23)2)22(27)24-19-13-7-6-12-18(19)17-10-4-3-5-11-17/h3-16H,1-2H3,(H,24,27)/t16-/m0/s1. The zero-order chi connectivity index (χ0) is 19.5. The number of hydrogen-bond donors (Lipinski definition) is 1. The van der Waals surface area contributed by atoms with E-state index < -0.39 is 0 Å². The maximum absolute atomic E-state index is 12.9. The van der Waals surface area contributed by atoms with Gasteiger partial charge >= 0.3 is 0 Å². The Morgan fingerprint density at radius 3 is 2.43 bits per heavy atom. The van der Waals surface area contributed by atoms with E-state index in [2.05, 4.69) is 10.3 Å². The number of thioether (sulfide) groups is 1. The molecule has 28 heavy (non-hydrogen) atoms. The second-order valence-electron chi connectivity index (χ2n) is 6.60. The van der Waals surface area contributed by atoms with Crippen LogP contribution in [0.5, 0.6) is 0 Å². The average Bonchev–Trinajstić information content (AvgIpc) is 3.04. The average molecular weight is 388 g/mol. The van der Waals surface area contributed by atoms with E-state index in [9.17, 15) is 4.79 Å². The summed E-state index contributed by atoms with van der Waals surface area (Å²) in [6.07, 6.45) is 0. The third-order valence-electron chi connectivity index (χ3n) is 4.67. The molecule has 0 bridgehead atoms. The molecule has 1 heterocycles. The molecular weight excluding hydrogens is 366 g/mol. The Balaban J connectivity index is 1.53. The van der Waals surface area contributed by atoms with Crippen molar-refractivity contribution in [1.29, 1.82) is 0 Å². The first-order chi connectivity index (χ1) is 13.6. The number of hydrogen-bond acceptors (Lipinski definition) is 3. The van der Waals surface area contributed by atoms with E-state index in [4.69, 9.17) is 0 Å². The van der Waals surface area contributed by atoms with Crippen LogP contribution in [-0.2, 0) is 11.8 Å². The van der Waals surface area contributed by atoms with Gasteiger partial charge in [0.05, 0.1) is 16.3 Å². The van der Waals surface area contributed by atoms with Crippen molar-refractivity contribution >= 4 is 34.4 Å². The smallest absolute Gasteiger partial charge is 0.237 e. The Bertz CT molecular complexity index is 1120. The molecule has 1 amide bonds. The number of nitrogens with zero attached hydrogens (tertiary/aromatic N) is 2. The predicted octanol–water partition coefficient (Wildman–Crippen LogP) is 5.36. The highest BCUT2D eigenvalue weighted by Gasteiger charge is 2.19. The van der Waals surface area contributed by atoms with Crippen LogP contribution in [0.1, 0.15) is 6.92 Å². The topological polar surface area (TPSA) is 46.9 Å². The van der Waals surface area contributed by atoms with Crippen molar-refractivity contribution in [2.24, 2.45) is 7.05 Å². The molecule has 5 heteroatoms. The molecule has 0 radical (unpaired) electrons. The van der Waals surface area contributed by atoms with E-state index in [-0.39, 0.29) is 11.2 Å². The summed E-state index contributed by atoms with van der Waals surface area (Å²) in [5, 5.41) is 3.64. The van der Waals surface area contributed by atoms with Crippen LogP contribution in [0.15, 0.2) is 84.0 Å². The van der Waals surface area contributed by atoms with Gasteiger partial charge in [0.1, 0.15) is 0 Å². The number of aromatic nitrogens is 2. The van der Waals surface area contributed by atoms with Crippen LogP contribution in [0.3, 0.4) is 0 Å². The van der Waals surface area contributed by atoms with Gasteiger partial charge < -0.3 is 9.88 Å². The predicted molar refractivity (Wildman–Crippen MR) is 117 cm³/mol. The molecular formula is C23H21N3OS. The van der Waals surface area contributed by atoms with Crippen molar-refractivity contribution in [3.05, 3.63) is 78.9 Å². The number of carbonyl (C=O) groups is 1. The minimum absolute atomic E-state index is 0.0413. The zero-order valence-corrected chi connectivity index (χ0v) is 16.6. The van der Waals surface area contributed by atoms with Gasteiger partial charge in [0.2, 0.25) is 5.91 Å². The first-order valence-electron chi connectivity index (χ1n) is 9.17. The van der Waals surface area contributed by atoms with E-state index in [0.717, 1.165) is 33.0 Å². The zero-order valence-electron chi connectivity index (χ0n) is 15.8. The Morgan fingerprint density at radius 1 is 0.964 bits per heavy atom.